The minimum atomic E-state index is -2.88. The number of likely N-dealkylation sites (tertiary alicyclic amines) is 1. The van der Waals surface area contributed by atoms with Crippen LogP contribution in [-0.2, 0) is 11.3 Å². The number of carbonyl (C=O) groups is 1. The smallest absolute Gasteiger partial charge is 0.329 e. The molecule has 1 fully saturated rings. The molecular formula is C24H21F4N5O3. The van der Waals surface area contributed by atoms with Crippen LogP contribution < -0.4 is 5.69 Å². The first-order valence-electron chi connectivity index (χ1n) is 11.3. The average molecular weight is 503 g/mol. The molecule has 2 aromatic heterocycles. The van der Waals surface area contributed by atoms with Crippen LogP contribution in [0.1, 0.15) is 43.7 Å². The first-order valence-corrected chi connectivity index (χ1v) is 11.3. The molecule has 0 radical (unpaired) electrons. The van der Waals surface area contributed by atoms with Gasteiger partial charge in [-0.1, -0.05) is 12.1 Å². The Labute approximate surface area is 201 Å². The van der Waals surface area contributed by atoms with Crippen molar-refractivity contribution in [1.82, 2.24) is 24.2 Å². The second kappa shape index (κ2) is 9.25. The molecule has 0 aliphatic carbocycles. The highest BCUT2D eigenvalue weighted by atomic mass is 19.3. The number of hydrogen-bond acceptors (Lipinski definition) is 5. The highest BCUT2D eigenvalue weighted by Gasteiger charge is 2.27. The minimum absolute atomic E-state index is 0.0502. The van der Waals surface area contributed by atoms with Gasteiger partial charge in [0.1, 0.15) is 0 Å². The number of alkyl halides is 2. The van der Waals surface area contributed by atoms with Gasteiger partial charge in [-0.25, -0.2) is 13.6 Å². The van der Waals surface area contributed by atoms with E-state index < -0.39 is 29.6 Å². The summed E-state index contributed by atoms with van der Waals surface area (Å²) in [7, 11) is 0. The molecule has 0 atom stereocenters. The van der Waals surface area contributed by atoms with Crippen LogP contribution in [0.3, 0.4) is 0 Å². The maximum atomic E-state index is 14.2. The maximum Gasteiger partial charge on any atom is 0.329 e. The summed E-state index contributed by atoms with van der Waals surface area (Å²) in [4.78, 5) is 26.8. The third kappa shape index (κ3) is 4.27. The van der Waals surface area contributed by atoms with Crippen molar-refractivity contribution in [3.8, 4) is 11.5 Å². The summed E-state index contributed by atoms with van der Waals surface area (Å²) in [5.41, 5.74) is 1.18. The SMILES string of the molecule is CC(=O)N1CCC(n2c(=O)n(Cc3ccc(-c4nnc(C(F)F)o4)cc3)c3cc(F)c(F)cc32)CC1. The maximum absolute atomic E-state index is 14.2. The lowest BCUT2D eigenvalue weighted by molar-refractivity contribution is -0.130. The molecule has 4 aromatic rings. The topological polar surface area (TPSA) is 86.2 Å². The van der Waals surface area contributed by atoms with Gasteiger partial charge in [0, 0.05) is 43.8 Å². The Kier molecular flexibility index (Phi) is 6.10. The molecule has 1 saturated heterocycles. The third-order valence-corrected chi connectivity index (χ3v) is 6.45. The fourth-order valence-corrected chi connectivity index (χ4v) is 4.59. The summed E-state index contributed by atoms with van der Waals surface area (Å²) in [5.74, 6) is -3.02. The van der Waals surface area contributed by atoms with Gasteiger partial charge in [0.05, 0.1) is 17.6 Å². The standard InChI is InChI=1S/C24H21F4N5O3/c1-13(34)31-8-6-16(7-9-31)33-20-11-18(26)17(25)10-19(20)32(24(33)35)12-14-2-4-15(5-3-14)22-29-30-23(36-22)21(27)28/h2-5,10-11,16,21H,6-9,12H2,1H3. The molecule has 8 nitrogen and oxygen atoms in total. The van der Waals surface area contributed by atoms with Gasteiger partial charge in [-0.2, -0.15) is 8.78 Å². The minimum Gasteiger partial charge on any atom is -0.415 e. The number of piperidine rings is 1. The number of fused-ring (bicyclic) bond motifs is 1. The number of amides is 1. The van der Waals surface area contributed by atoms with E-state index in [4.69, 9.17) is 4.42 Å². The first kappa shape index (κ1) is 23.8. The number of imidazole rings is 1. The van der Waals surface area contributed by atoms with E-state index in [1.54, 1.807) is 29.2 Å². The highest BCUT2D eigenvalue weighted by Crippen LogP contribution is 2.28. The predicted molar refractivity (Wildman–Crippen MR) is 120 cm³/mol. The van der Waals surface area contributed by atoms with Gasteiger partial charge in [-0.3, -0.25) is 13.9 Å². The molecule has 5 rings (SSSR count). The second-order valence-corrected chi connectivity index (χ2v) is 8.67. The lowest BCUT2D eigenvalue weighted by Gasteiger charge is -2.31. The van der Waals surface area contributed by atoms with Gasteiger partial charge < -0.3 is 9.32 Å². The average Bonchev–Trinajstić information content (AvgIpc) is 3.45. The van der Waals surface area contributed by atoms with Crippen LogP contribution >= 0.6 is 0 Å². The zero-order valence-corrected chi connectivity index (χ0v) is 19.1. The predicted octanol–water partition coefficient (Wildman–Crippen LogP) is 4.30. The molecule has 36 heavy (non-hydrogen) atoms. The van der Waals surface area contributed by atoms with Crippen molar-refractivity contribution >= 4 is 16.9 Å². The molecule has 0 saturated carbocycles. The van der Waals surface area contributed by atoms with E-state index in [0.29, 0.717) is 37.1 Å². The number of hydrogen-bond donors (Lipinski definition) is 0. The Hall–Kier alpha value is -3.96. The van der Waals surface area contributed by atoms with Gasteiger partial charge in [0.15, 0.2) is 11.6 Å². The fourth-order valence-electron chi connectivity index (χ4n) is 4.59. The molecule has 12 heteroatoms. The van der Waals surface area contributed by atoms with Crippen molar-refractivity contribution in [2.24, 2.45) is 0 Å². The number of aromatic nitrogens is 4. The Morgan fingerprint density at radius 3 is 2.28 bits per heavy atom. The summed E-state index contributed by atoms with van der Waals surface area (Å²) in [6, 6.07) is 8.24. The van der Waals surface area contributed by atoms with Crippen LogP contribution in [0.4, 0.5) is 17.6 Å². The summed E-state index contributed by atoms with van der Waals surface area (Å²) < 4.78 is 61.6. The number of rotatable bonds is 5. The molecule has 0 spiro atoms. The molecule has 1 aliphatic heterocycles. The van der Waals surface area contributed by atoms with Gasteiger partial charge in [-0.05, 0) is 30.5 Å². The molecule has 1 amide bonds. The molecule has 188 valence electrons. The van der Waals surface area contributed by atoms with Crippen LogP contribution in [0.25, 0.3) is 22.5 Å². The van der Waals surface area contributed by atoms with Crippen LogP contribution in [0.5, 0.6) is 0 Å². The fraction of sp³-hybridized carbons (Fsp3) is 0.333. The van der Waals surface area contributed by atoms with Gasteiger partial charge in [0.2, 0.25) is 11.8 Å². The molecule has 1 aliphatic rings. The van der Waals surface area contributed by atoms with Crippen molar-refractivity contribution in [1.29, 1.82) is 0 Å². The van der Waals surface area contributed by atoms with E-state index in [-0.39, 0.29) is 35.4 Å². The number of benzene rings is 2. The van der Waals surface area contributed by atoms with E-state index in [2.05, 4.69) is 10.2 Å². The molecular weight excluding hydrogens is 482 g/mol. The van der Waals surface area contributed by atoms with Crippen molar-refractivity contribution in [2.45, 2.75) is 38.8 Å². The monoisotopic (exact) mass is 503 g/mol. The zero-order chi connectivity index (χ0) is 25.6. The van der Waals surface area contributed by atoms with Crippen molar-refractivity contribution in [3.05, 3.63) is 70.0 Å². The van der Waals surface area contributed by atoms with Crippen molar-refractivity contribution < 1.29 is 26.8 Å². The number of halogens is 4. The molecule has 0 bridgehead atoms. The summed E-state index contributed by atoms with van der Waals surface area (Å²) >= 11 is 0. The Balaban J connectivity index is 1.48. The molecule has 2 aromatic carbocycles. The number of carbonyl (C=O) groups excluding carboxylic acids is 1. The van der Waals surface area contributed by atoms with Gasteiger partial charge in [0.25, 0.3) is 5.89 Å². The molecule has 0 N–H and O–H groups in total. The van der Waals surface area contributed by atoms with Crippen LogP contribution in [0.2, 0.25) is 0 Å². The summed E-state index contributed by atoms with van der Waals surface area (Å²) in [6.45, 7) is 2.48. The summed E-state index contributed by atoms with van der Waals surface area (Å²) in [5, 5.41) is 6.91. The van der Waals surface area contributed by atoms with Crippen molar-refractivity contribution in [3.63, 3.8) is 0 Å². The van der Waals surface area contributed by atoms with E-state index >= 15 is 0 Å². The van der Waals surface area contributed by atoms with E-state index in [0.717, 1.165) is 12.1 Å². The summed E-state index contributed by atoms with van der Waals surface area (Å²) in [6.07, 6.45) is -1.86. The molecule has 3 heterocycles. The van der Waals surface area contributed by atoms with Crippen LogP contribution in [0.15, 0.2) is 45.6 Å². The first-order chi connectivity index (χ1) is 17.2. The highest BCUT2D eigenvalue weighted by molar-refractivity contribution is 5.77. The lowest BCUT2D eigenvalue weighted by Crippen LogP contribution is -2.40. The number of nitrogens with zero attached hydrogens (tertiary/aromatic N) is 5. The van der Waals surface area contributed by atoms with Gasteiger partial charge >= 0.3 is 12.1 Å². The van der Waals surface area contributed by atoms with Crippen LogP contribution in [-0.4, -0.2) is 43.2 Å². The van der Waals surface area contributed by atoms with Gasteiger partial charge in [-0.15, -0.1) is 10.2 Å². The van der Waals surface area contributed by atoms with Crippen molar-refractivity contribution in [2.75, 3.05) is 13.1 Å². The lowest BCUT2D eigenvalue weighted by atomic mass is 10.0. The second-order valence-electron chi connectivity index (χ2n) is 8.67. The normalized spacial score (nSPS) is 14.8. The Morgan fingerprint density at radius 2 is 1.69 bits per heavy atom. The van der Waals surface area contributed by atoms with Crippen LogP contribution in [0, 0.1) is 11.6 Å². The van der Waals surface area contributed by atoms with E-state index in [1.807, 2.05) is 0 Å². The zero-order valence-electron chi connectivity index (χ0n) is 19.1. The quantitative estimate of drug-likeness (QED) is 0.379. The Morgan fingerprint density at radius 1 is 1.06 bits per heavy atom. The largest absolute Gasteiger partial charge is 0.415 e. The molecule has 0 unspecified atom stereocenters. The third-order valence-electron chi connectivity index (χ3n) is 6.45. The van der Waals surface area contributed by atoms with E-state index in [9.17, 15) is 27.2 Å². The van der Waals surface area contributed by atoms with E-state index in [1.165, 1.54) is 16.1 Å². The Bertz CT molecular complexity index is 1480.